The minimum atomic E-state index is -3.84. The first-order valence-electron chi connectivity index (χ1n) is 8.05. The monoisotopic (exact) mass is 345 g/mol. The van der Waals surface area contributed by atoms with E-state index in [4.69, 9.17) is 8.92 Å². The van der Waals surface area contributed by atoms with E-state index >= 15 is 0 Å². The van der Waals surface area contributed by atoms with Crippen LogP contribution in [0.1, 0.15) is 23.5 Å². The molecule has 2 atom stereocenters. The lowest BCUT2D eigenvalue weighted by molar-refractivity contribution is 0.176. The maximum atomic E-state index is 12.4. The molecule has 0 aromatic heterocycles. The van der Waals surface area contributed by atoms with Crippen molar-refractivity contribution in [2.24, 2.45) is 0 Å². The Bertz CT molecular complexity index is 861. The maximum Gasteiger partial charge on any atom is 0.339 e. The zero-order valence-corrected chi connectivity index (χ0v) is 14.2. The molecule has 24 heavy (non-hydrogen) atoms. The van der Waals surface area contributed by atoms with Gasteiger partial charge in [-0.3, -0.25) is 0 Å². The number of hydrogen-bond donors (Lipinski definition) is 1. The fraction of sp³-hybridized carbons (Fsp3) is 0.333. The zero-order valence-electron chi connectivity index (χ0n) is 13.4. The number of ether oxygens (including phenoxy) is 1. The SMILES string of the molecule is Cc1ccc(S(=O)(=O)Oc2ccc3c(c2)OC2CNCCC32)cc1. The molecule has 0 saturated carbocycles. The van der Waals surface area contributed by atoms with E-state index in [1.807, 2.05) is 13.0 Å². The van der Waals surface area contributed by atoms with Crippen LogP contribution in [0.25, 0.3) is 0 Å². The van der Waals surface area contributed by atoms with Crippen molar-refractivity contribution < 1.29 is 17.3 Å². The Morgan fingerprint density at radius 1 is 1.17 bits per heavy atom. The molecule has 0 amide bonds. The van der Waals surface area contributed by atoms with E-state index in [0.717, 1.165) is 36.4 Å². The Kier molecular flexibility index (Phi) is 3.73. The molecule has 1 N–H and O–H groups in total. The molecule has 0 radical (unpaired) electrons. The van der Waals surface area contributed by atoms with Gasteiger partial charge in [-0.25, -0.2) is 0 Å². The fourth-order valence-electron chi connectivity index (χ4n) is 3.33. The van der Waals surface area contributed by atoms with Gasteiger partial charge in [0.25, 0.3) is 0 Å². The molecule has 1 saturated heterocycles. The largest absolute Gasteiger partial charge is 0.488 e. The van der Waals surface area contributed by atoms with Crippen molar-refractivity contribution in [2.45, 2.75) is 30.3 Å². The first-order chi connectivity index (χ1) is 11.5. The average molecular weight is 345 g/mol. The number of rotatable bonds is 3. The number of nitrogens with one attached hydrogen (secondary N) is 1. The highest BCUT2D eigenvalue weighted by molar-refractivity contribution is 7.87. The molecule has 2 aliphatic heterocycles. The second-order valence-corrected chi connectivity index (χ2v) is 7.85. The quantitative estimate of drug-likeness (QED) is 0.866. The van der Waals surface area contributed by atoms with Gasteiger partial charge in [0, 0.05) is 24.1 Å². The van der Waals surface area contributed by atoms with Crippen molar-refractivity contribution in [3.05, 3.63) is 53.6 Å². The standard InChI is InChI=1S/C18H19NO4S/c1-12-2-5-14(6-3-12)24(20,21)23-13-4-7-15-16-8-9-19-11-18(16)22-17(15)10-13/h2-7,10,16,18-19H,8-9,11H2,1H3. The van der Waals surface area contributed by atoms with Gasteiger partial charge in [0.1, 0.15) is 22.5 Å². The number of piperidine rings is 1. The van der Waals surface area contributed by atoms with Crippen LogP contribution >= 0.6 is 0 Å². The van der Waals surface area contributed by atoms with E-state index in [2.05, 4.69) is 5.32 Å². The summed E-state index contributed by atoms with van der Waals surface area (Å²) in [6.45, 7) is 3.70. The highest BCUT2D eigenvalue weighted by Crippen LogP contribution is 2.43. The van der Waals surface area contributed by atoms with Gasteiger partial charge in [-0.15, -0.1) is 0 Å². The summed E-state index contributed by atoms with van der Waals surface area (Å²) in [5, 5.41) is 3.32. The molecular formula is C18H19NO4S. The van der Waals surface area contributed by atoms with Crippen molar-refractivity contribution >= 4 is 10.1 Å². The van der Waals surface area contributed by atoms with Crippen LogP contribution < -0.4 is 14.2 Å². The van der Waals surface area contributed by atoms with Crippen LogP contribution in [-0.2, 0) is 10.1 Å². The molecule has 0 aliphatic carbocycles. The summed E-state index contributed by atoms with van der Waals surface area (Å²) in [5.41, 5.74) is 2.14. The van der Waals surface area contributed by atoms with E-state index in [-0.39, 0.29) is 16.7 Å². The Labute approximate surface area is 141 Å². The summed E-state index contributed by atoms with van der Waals surface area (Å²) in [4.78, 5) is 0.146. The summed E-state index contributed by atoms with van der Waals surface area (Å²) in [6.07, 6.45) is 1.15. The molecule has 2 aromatic rings. The van der Waals surface area contributed by atoms with Crippen molar-refractivity contribution in [1.82, 2.24) is 5.32 Å². The Morgan fingerprint density at radius 2 is 1.96 bits per heavy atom. The molecule has 126 valence electrons. The predicted octanol–water partition coefficient (Wildman–Crippen LogP) is 2.60. The summed E-state index contributed by atoms with van der Waals surface area (Å²) < 4.78 is 36.0. The highest BCUT2D eigenvalue weighted by atomic mass is 32.2. The average Bonchev–Trinajstić information content (AvgIpc) is 2.92. The molecule has 2 aliphatic rings. The van der Waals surface area contributed by atoms with Crippen LogP contribution in [0.2, 0.25) is 0 Å². The van der Waals surface area contributed by atoms with Gasteiger partial charge in [0.15, 0.2) is 0 Å². The first-order valence-corrected chi connectivity index (χ1v) is 9.46. The second-order valence-electron chi connectivity index (χ2n) is 6.31. The molecule has 0 bridgehead atoms. The lowest BCUT2D eigenvalue weighted by Crippen LogP contribution is -2.39. The maximum absolute atomic E-state index is 12.4. The molecule has 1 fully saturated rings. The van der Waals surface area contributed by atoms with Crippen LogP contribution in [0.15, 0.2) is 47.4 Å². The lowest BCUT2D eigenvalue weighted by Gasteiger charge is -2.24. The summed E-state index contributed by atoms with van der Waals surface area (Å²) in [7, 11) is -3.84. The van der Waals surface area contributed by atoms with E-state index in [1.54, 1.807) is 36.4 Å². The number of fused-ring (bicyclic) bond motifs is 3. The first kappa shape index (κ1) is 15.5. The minimum Gasteiger partial charge on any atom is -0.488 e. The topological polar surface area (TPSA) is 64.6 Å². The van der Waals surface area contributed by atoms with E-state index in [0.29, 0.717) is 5.92 Å². The van der Waals surface area contributed by atoms with Gasteiger partial charge in [0.05, 0.1) is 0 Å². The van der Waals surface area contributed by atoms with Gasteiger partial charge in [-0.05, 0) is 38.1 Å². The van der Waals surface area contributed by atoms with Gasteiger partial charge in [0.2, 0.25) is 0 Å². The minimum absolute atomic E-state index is 0.123. The van der Waals surface area contributed by atoms with Gasteiger partial charge in [-0.1, -0.05) is 23.8 Å². The molecule has 5 nitrogen and oxygen atoms in total. The number of hydrogen-bond acceptors (Lipinski definition) is 5. The number of benzene rings is 2. The third-order valence-corrected chi connectivity index (χ3v) is 5.87. The molecule has 2 unspecified atom stereocenters. The van der Waals surface area contributed by atoms with E-state index in [9.17, 15) is 8.42 Å². The molecule has 0 spiro atoms. The third kappa shape index (κ3) is 2.76. The molecule has 4 rings (SSSR count). The molecular weight excluding hydrogens is 326 g/mol. The summed E-state index contributed by atoms with van der Waals surface area (Å²) >= 11 is 0. The van der Waals surface area contributed by atoms with Crippen LogP contribution in [0.5, 0.6) is 11.5 Å². The van der Waals surface area contributed by atoms with Gasteiger partial charge < -0.3 is 14.2 Å². The third-order valence-electron chi connectivity index (χ3n) is 4.60. The van der Waals surface area contributed by atoms with Crippen LogP contribution in [0.3, 0.4) is 0 Å². The van der Waals surface area contributed by atoms with Gasteiger partial charge >= 0.3 is 10.1 Å². The Hall–Kier alpha value is -2.05. The van der Waals surface area contributed by atoms with Crippen LogP contribution in [0.4, 0.5) is 0 Å². The van der Waals surface area contributed by atoms with E-state index in [1.165, 1.54) is 0 Å². The van der Waals surface area contributed by atoms with Crippen LogP contribution in [0, 0.1) is 6.92 Å². The molecule has 2 heterocycles. The fourth-order valence-corrected chi connectivity index (χ4v) is 4.25. The van der Waals surface area contributed by atoms with E-state index < -0.39 is 10.1 Å². The number of aryl methyl sites for hydroxylation is 1. The van der Waals surface area contributed by atoms with Crippen molar-refractivity contribution in [1.29, 1.82) is 0 Å². The smallest absolute Gasteiger partial charge is 0.339 e. The van der Waals surface area contributed by atoms with Gasteiger partial charge in [-0.2, -0.15) is 8.42 Å². The lowest BCUT2D eigenvalue weighted by atomic mass is 9.90. The highest BCUT2D eigenvalue weighted by Gasteiger charge is 2.36. The Morgan fingerprint density at radius 3 is 2.75 bits per heavy atom. The summed E-state index contributed by atoms with van der Waals surface area (Å²) in [5.74, 6) is 1.38. The predicted molar refractivity (Wildman–Crippen MR) is 90.1 cm³/mol. The van der Waals surface area contributed by atoms with Crippen molar-refractivity contribution in [3.63, 3.8) is 0 Å². The second kappa shape index (κ2) is 5.79. The molecule has 6 heteroatoms. The van der Waals surface area contributed by atoms with Crippen LogP contribution in [-0.4, -0.2) is 27.6 Å². The molecule has 2 aromatic carbocycles. The zero-order chi connectivity index (χ0) is 16.7. The van der Waals surface area contributed by atoms with Crippen molar-refractivity contribution in [3.8, 4) is 11.5 Å². The summed E-state index contributed by atoms with van der Waals surface area (Å²) in [6, 6.07) is 11.9. The van der Waals surface area contributed by atoms with Crippen molar-refractivity contribution in [2.75, 3.05) is 13.1 Å². The normalized spacial score (nSPS) is 22.4. The Balaban J connectivity index is 1.59.